The van der Waals surface area contributed by atoms with Gasteiger partial charge in [-0.2, -0.15) is 0 Å². The number of carbonyl (C=O) groups excluding carboxylic acids is 2. The lowest BCUT2D eigenvalue weighted by Crippen LogP contribution is -2.22. The molecule has 0 unspecified atom stereocenters. The number of fused-ring (bicyclic) bond motifs is 1. The van der Waals surface area contributed by atoms with E-state index in [9.17, 15) is 9.59 Å². The zero-order valence-corrected chi connectivity index (χ0v) is 12.2. The Morgan fingerprint density at radius 3 is 2.75 bits per heavy atom. The molecule has 0 atom stereocenters. The van der Waals surface area contributed by atoms with Crippen molar-refractivity contribution in [2.45, 2.75) is 6.92 Å². The summed E-state index contributed by atoms with van der Waals surface area (Å²) in [6.07, 6.45) is 1.58. The summed E-state index contributed by atoms with van der Waals surface area (Å²) in [6, 6.07) is 7.74. The fraction of sp³-hybridized carbons (Fsp3) is 0.0714. The standard InChI is InChI=1S/C14H10N2O2S2/c1-8-9-4-2-3-5-10(9)20-12(8)11(17)13(18)16-14-15-6-7-19-14/h2-7H,1H3,(H,15,16,18). The van der Waals surface area contributed by atoms with E-state index in [2.05, 4.69) is 10.3 Å². The fourth-order valence-corrected chi connectivity index (χ4v) is 3.60. The van der Waals surface area contributed by atoms with Crippen LogP contribution in [0.25, 0.3) is 10.1 Å². The second-order valence-electron chi connectivity index (χ2n) is 4.17. The summed E-state index contributed by atoms with van der Waals surface area (Å²) in [4.78, 5) is 28.6. The van der Waals surface area contributed by atoms with Crippen molar-refractivity contribution in [3.8, 4) is 0 Å². The molecule has 3 aromatic rings. The highest BCUT2D eigenvalue weighted by Crippen LogP contribution is 2.31. The lowest BCUT2D eigenvalue weighted by Gasteiger charge is -1.99. The first-order valence-corrected chi connectivity index (χ1v) is 7.59. The molecule has 2 heterocycles. The maximum Gasteiger partial charge on any atom is 0.299 e. The molecule has 0 radical (unpaired) electrons. The van der Waals surface area contributed by atoms with Crippen molar-refractivity contribution in [3.05, 3.63) is 46.3 Å². The number of aromatic nitrogens is 1. The van der Waals surface area contributed by atoms with Crippen molar-refractivity contribution >= 4 is 49.6 Å². The Morgan fingerprint density at radius 2 is 2.05 bits per heavy atom. The minimum absolute atomic E-state index is 0.433. The number of nitrogens with zero attached hydrogens (tertiary/aromatic N) is 1. The maximum absolute atomic E-state index is 12.2. The number of anilines is 1. The highest BCUT2D eigenvalue weighted by Gasteiger charge is 2.22. The molecular formula is C14H10N2O2S2. The second kappa shape index (κ2) is 5.15. The lowest BCUT2D eigenvalue weighted by molar-refractivity contribution is -0.112. The highest BCUT2D eigenvalue weighted by molar-refractivity contribution is 7.21. The van der Waals surface area contributed by atoms with Crippen LogP contribution in [0, 0.1) is 6.92 Å². The first kappa shape index (κ1) is 13.0. The Hall–Kier alpha value is -2.05. The van der Waals surface area contributed by atoms with Crippen LogP contribution in [0.1, 0.15) is 15.2 Å². The van der Waals surface area contributed by atoms with E-state index in [0.717, 1.165) is 15.6 Å². The second-order valence-corrected chi connectivity index (χ2v) is 6.12. The van der Waals surface area contributed by atoms with E-state index < -0.39 is 11.7 Å². The Bertz CT molecular complexity index is 791. The summed E-state index contributed by atoms with van der Waals surface area (Å²) < 4.78 is 1.01. The smallest absolute Gasteiger partial charge is 0.295 e. The first-order chi connectivity index (χ1) is 9.66. The van der Waals surface area contributed by atoms with Crippen molar-refractivity contribution in [2.24, 2.45) is 0 Å². The molecule has 100 valence electrons. The number of carbonyl (C=O) groups is 2. The van der Waals surface area contributed by atoms with Crippen molar-refractivity contribution in [1.29, 1.82) is 0 Å². The monoisotopic (exact) mass is 302 g/mol. The van der Waals surface area contributed by atoms with Gasteiger partial charge in [-0.3, -0.25) is 14.9 Å². The van der Waals surface area contributed by atoms with Crippen LogP contribution < -0.4 is 5.32 Å². The number of aryl methyl sites for hydroxylation is 1. The Kier molecular flexibility index (Phi) is 3.33. The molecule has 1 amide bonds. The normalized spacial score (nSPS) is 10.7. The summed E-state index contributed by atoms with van der Waals surface area (Å²) in [7, 11) is 0. The predicted octanol–water partition coefficient (Wildman–Crippen LogP) is 3.49. The topological polar surface area (TPSA) is 59.1 Å². The van der Waals surface area contributed by atoms with Gasteiger partial charge < -0.3 is 0 Å². The van der Waals surface area contributed by atoms with Crippen molar-refractivity contribution in [2.75, 3.05) is 5.32 Å². The van der Waals surface area contributed by atoms with Gasteiger partial charge in [0.2, 0.25) is 0 Å². The minimum atomic E-state index is -0.644. The van der Waals surface area contributed by atoms with E-state index in [1.165, 1.54) is 22.7 Å². The number of hydrogen-bond acceptors (Lipinski definition) is 5. The van der Waals surface area contributed by atoms with Gasteiger partial charge in [0.15, 0.2) is 5.13 Å². The summed E-state index contributed by atoms with van der Waals surface area (Å²) in [5.41, 5.74) is 0.852. The van der Waals surface area contributed by atoms with Gasteiger partial charge in [-0.25, -0.2) is 4.98 Å². The molecule has 0 bridgehead atoms. The molecule has 3 rings (SSSR count). The molecule has 0 fully saturated rings. The number of nitrogens with one attached hydrogen (secondary N) is 1. The van der Waals surface area contributed by atoms with Gasteiger partial charge in [-0.05, 0) is 23.9 Å². The SMILES string of the molecule is Cc1c(C(=O)C(=O)Nc2nccs2)sc2ccccc12. The predicted molar refractivity (Wildman–Crippen MR) is 81.6 cm³/mol. The molecule has 0 saturated heterocycles. The zero-order chi connectivity index (χ0) is 14.1. The van der Waals surface area contributed by atoms with Crippen molar-refractivity contribution in [3.63, 3.8) is 0 Å². The number of benzene rings is 1. The molecule has 0 saturated carbocycles. The van der Waals surface area contributed by atoms with Gasteiger partial charge in [0.05, 0.1) is 4.88 Å². The third-order valence-electron chi connectivity index (χ3n) is 2.91. The Morgan fingerprint density at radius 1 is 1.25 bits per heavy atom. The van der Waals surface area contributed by atoms with Crippen LogP contribution in [0.3, 0.4) is 0 Å². The number of hydrogen-bond donors (Lipinski definition) is 1. The van der Waals surface area contributed by atoms with Crippen molar-refractivity contribution < 1.29 is 9.59 Å². The highest BCUT2D eigenvalue weighted by atomic mass is 32.1. The number of thiophene rings is 1. The van der Waals surface area contributed by atoms with Crippen LogP contribution in [0.4, 0.5) is 5.13 Å². The van der Waals surface area contributed by atoms with Gasteiger partial charge >= 0.3 is 0 Å². The first-order valence-electron chi connectivity index (χ1n) is 5.90. The molecule has 0 aliphatic rings. The molecule has 1 N–H and O–H groups in total. The summed E-state index contributed by atoms with van der Waals surface area (Å²) in [5.74, 6) is -1.16. The average molecular weight is 302 g/mol. The third-order valence-corrected chi connectivity index (χ3v) is 4.87. The largest absolute Gasteiger partial charge is 0.299 e. The summed E-state index contributed by atoms with van der Waals surface area (Å²) in [6.45, 7) is 1.86. The van der Waals surface area contributed by atoms with Crippen LogP contribution in [-0.4, -0.2) is 16.7 Å². The van der Waals surface area contributed by atoms with Gasteiger partial charge in [0.25, 0.3) is 11.7 Å². The molecular weight excluding hydrogens is 292 g/mol. The molecule has 6 heteroatoms. The molecule has 2 aromatic heterocycles. The minimum Gasteiger partial charge on any atom is -0.295 e. The van der Waals surface area contributed by atoms with Gasteiger partial charge in [0.1, 0.15) is 0 Å². The molecule has 1 aromatic carbocycles. The quantitative estimate of drug-likeness (QED) is 0.595. The number of rotatable bonds is 3. The Labute approximate surface area is 123 Å². The van der Waals surface area contributed by atoms with E-state index in [1.807, 2.05) is 31.2 Å². The van der Waals surface area contributed by atoms with Gasteiger partial charge in [-0.1, -0.05) is 18.2 Å². The average Bonchev–Trinajstić information content (AvgIpc) is 3.07. The third kappa shape index (κ3) is 2.23. The Balaban J connectivity index is 1.92. The van der Waals surface area contributed by atoms with Crippen molar-refractivity contribution in [1.82, 2.24) is 4.98 Å². The summed E-state index contributed by atoms with van der Waals surface area (Å²) in [5, 5.41) is 5.71. The van der Waals surface area contributed by atoms with E-state index in [4.69, 9.17) is 0 Å². The van der Waals surface area contributed by atoms with Crippen LogP contribution in [0.2, 0.25) is 0 Å². The van der Waals surface area contributed by atoms with Crippen LogP contribution in [0.5, 0.6) is 0 Å². The maximum atomic E-state index is 12.2. The van der Waals surface area contributed by atoms with E-state index in [0.29, 0.717) is 10.0 Å². The number of thiazole rings is 1. The molecule has 20 heavy (non-hydrogen) atoms. The molecule has 0 aliphatic heterocycles. The van der Waals surface area contributed by atoms with Gasteiger partial charge in [-0.15, -0.1) is 22.7 Å². The van der Waals surface area contributed by atoms with E-state index in [-0.39, 0.29) is 0 Å². The van der Waals surface area contributed by atoms with Crippen LogP contribution in [0.15, 0.2) is 35.8 Å². The lowest BCUT2D eigenvalue weighted by atomic mass is 10.1. The van der Waals surface area contributed by atoms with Crippen LogP contribution >= 0.6 is 22.7 Å². The van der Waals surface area contributed by atoms with E-state index in [1.54, 1.807) is 11.6 Å². The number of amides is 1. The fourth-order valence-electron chi connectivity index (χ4n) is 1.93. The molecule has 4 nitrogen and oxygen atoms in total. The van der Waals surface area contributed by atoms with Gasteiger partial charge in [0, 0.05) is 16.3 Å². The summed E-state index contributed by atoms with van der Waals surface area (Å²) >= 11 is 2.63. The van der Waals surface area contributed by atoms with E-state index >= 15 is 0 Å². The number of ketones is 1. The number of Topliss-reactive ketones (excluding diaryl/α,β-unsaturated/α-hetero) is 1. The zero-order valence-electron chi connectivity index (χ0n) is 10.5. The van der Waals surface area contributed by atoms with Crippen LogP contribution in [-0.2, 0) is 4.79 Å². The molecule has 0 aliphatic carbocycles. The molecule has 0 spiro atoms.